The van der Waals surface area contributed by atoms with E-state index in [1.807, 2.05) is 20.8 Å². The van der Waals surface area contributed by atoms with Crippen LogP contribution in [0.15, 0.2) is 0 Å². The van der Waals surface area contributed by atoms with Crippen molar-refractivity contribution in [3.05, 3.63) is 0 Å². The number of alkyl halides is 1. The highest BCUT2D eigenvalue weighted by Crippen LogP contribution is 2.19. The van der Waals surface area contributed by atoms with Crippen LogP contribution >= 0.6 is 11.6 Å². The molecule has 0 aliphatic carbocycles. The van der Waals surface area contributed by atoms with Crippen molar-refractivity contribution in [1.82, 2.24) is 4.90 Å². The Balaban J connectivity index is 2.58. The second kappa shape index (κ2) is 7.19. The molecule has 1 fully saturated rings. The van der Waals surface area contributed by atoms with Gasteiger partial charge in [0.15, 0.2) is 0 Å². The van der Waals surface area contributed by atoms with Gasteiger partial charge in [0.25, 0.3) is 0 Å². The number of hydrogen-bond acceptors (Lipinski definition) is 3. The van der Waals surface area contributed by atoms with E-state index in [0.29, 0.717) is 32.7 Å². The summed E-state index contributed by atoms with van der Waals surface area (Å²) in [6.07, 6.45) is 0.601. The molecule has 0 aromatic rings. The molecule has 0 spiro atoms. The first-order chi connectivity index (χ1) is 8.13. The van der Waals surface area contributed by atoms with Crippen LogP contribution in [-0.2, 0) is 14.3 Å². The maximum atomic E-state index is 12.0. The van der Waals surface area contributed by atoms with Crippen molar-refractivity contribution in [2.45, 2.75) is 44.8 Å². The normalized spacial score (nSPS) is 26.2. The quantitative estimate of drug-likeness (QED) is 0.684. The van der Waals surface area contributed by atoms with Gasteiger partial charge in [0.1, 0.15) is 17.6 Å². The van der Waals surface area contributed by atoms with E-state index in [0.717, 1.165) is 0 Å². The molecule has 17 heavy (non-hydrogen) atoms. The largest absolute Gasteiger partial charge is 0.374 e. The van der Waals surface area contributed by atoms with E-state index < -0.39 is 5.38 Å². The predicted molar refractivity (Wildman–Crippen MR) is 67.3 cm³/mol. The van der Waals surface area contributed by atoms with Gasteiger partial charge in [0, 0.05) is 26.3 Å². The molecule has 0 saturated carbocycles. The number of halogens is 1. The Labute approximate surface area is 108 Å². The van der Waals surface area contributed by atoms with Gasteiger partial charge in [-0.2, -0.15) is 0 Å². The van der Waals surface area contributed by atoms with E-state index in [1.165, 1.54) is 0 Å². The van der Waals surface area contributed by atoms with Crippen molar-refractivity contribution in [3.8, 4) is 0 Å². The number of carbonyl (C=O) groups excluding carboxylic acids is 1. The van der Waals surface area contributed by atoms with E-state index in [4.69, 9.17) is 21.1 Å². The predicted octanol–water partition coefficient (Wildman–Crippen LogP) is 1.66. The standard InChI is InChI=1S/C12H22ClNO3/c1-4-9(13)12(15)14-7-10(16-5-2)11(8-14)17-6-3/h9-11H,4-8H2,1-3H3/t9-,10-,11+/m1/s1. The first-order valence-corrected chi connectivity index (χ1v) is 6.73. The van der Waals surface area contributed by atoms with Crippen LogP contribution in [0.3, 0.4) is 0 Å². The number of amides is 1. The summed E-state index contributed by atoms with van der Waals surface area (Å²) in [5.74, 6) is -0.0129. The Morgan fingerprint density at radius 2 is 1.71 bits per heavy atom. The highest BCUT2D eigenvalue weighted by atomic mass is 35.5. The van der Waals surface area contributed by atoms with Crippen LogP contribution in [0.2, 0.25) is 0 Å². The maximum absolute atomic E-state index is 12.0. The lowest BCUT2D eigenvalue weighted by Crippen LogP contribution is -2.35. The lowest BCUT2D eigenvalue weighted by molar-refractivity contribution is -0.130. The summed E-state index contributed by atoms with van der Waals surface area (Å²) in [7, 11) is 0. The summed E-state index contributed by atoms with van der Waals surface area (Å²) in [6.45, 7) is 8.24. The van der Waals surface area contributed by atoms with E-state index in [1.54, 1.807) is 4.90 Å². The average Bonchev–Trinajstić information content (AvgIpc) is 2.72. The van der Waals surface area contributed by atoms with Gasteiger partial charge in [-0.25, -0.2) is 0 Å². The molecule has 1 saturated heterocycles. The van der Waals surface area contributed by atoms with Gasteiger partial charge in [-0.1, -0.05) is 6.92 Å². The number of nitrogens with zero attached hydrogens (tertiary/aromatic N) is 1. The summed E-state index contributed by atoms with van der Waals surface area (Å²) in [5.41, 5.74) is 0. The Morgan fingerprint density at radius 3 is 2.06 bits per heavy atom. The Bertz CT molecular complexity index is 236. The minimum absolute atomic E-state index is 0.0129. The van der Waals surface area contributed by atoms with Crippen molar-refractivity contribution in [3.63, 3.8) is 0 Å². The third kappa shape index (κ3) is 3.83. The van der Waals surface area contributed by atoms with E-state index >= 15 is 0 Å². The van der Waals surface area contributed by atoms with Crippen molar-refractivity contribution in [1.29, 1.82) is 0 Å². The zero-order valence-corrected chi connectivity index (χ0v) is 11.6. The van der Waals surface area contributed by atoms with Crippen LogP contribution < -0.4 is 0 Å². The highest BCUT2D eigenvalue weighted by molar-refractivity contribution is 6.30. The van der Waals surface area contributed by atoms with Crippen LogP contribution in [0.1, 0.15) is 27.2 Å². The van der Waals surface area contributed by atoms with E-state index in [9.17, 15) is 4.79 Å². The monoisotopic (exact) mass is 263 g/mol. The average molecular weight is 264 g/mol. The summed E-state index contributed by atoms with van der Waals surface area (Å²) in [6, 6.07) is 0. The van der Waals surface area contributed by atoms with Gasteiger partial charge in [-0.15, -0.1) is 11.6 Å². The zero-order chi connectivity index (χ0) is 12.8. The molecule has 3 atom stereocenters. The molecule has 1 heterocycles. The van der Waals surface area contributed by atoms with E-state index in [-0.39, 0.29) is 18.1 Å². The summed E-state index contributed by atoms with van der Waals surface area (Å²) < 4.78 is 11.2. The number of carbonyl (C=O) groups is 1. The first kappa shape index (κ1) is 14.7. The number of ether oxygens (including phenoxy) is 2. The molecular weight excluding hydrogens is 242 g/mol. The van der Waals surface area contributed by atoms with Crippen LogP contribution in [0.4, 0.5) is 0 Å². The highest BCUT2D eigenvalue weighted by Gasteiger charge is 2.37. The molecule has 4 nitrogen and oxygen atoms in total. The smallest absolute Gasteiger partial charge is 0.240 e. The van der Waals surface area contributed by atoms with Gasteiger partial charge in [-0.3, -0.25) is 4.79 Å². The van der Waals surface area contributed by atoms with E-state index in [2.05, 4.69) is 0 Å². The maximum Gasteiger partial charge on any atom is 0.240 e. The van der Waals surface area contributed by atoms with Crippen LogP contribution in [0.25, 0.3) is 0 Å². The molecule has 0 unspecified atom stereocenters. The lowest BCUT2D eigenvalue weighted by atomic mass is 10.2. The molecule has 0 radical (unpaired) electrons. The first-order valence-electron chi connectivity index (χ1n) is 6.30. The Hall–Kier alpha value is -0.320. The van der Waals surface area contributed by atoms with Gasteiger partial charge in [0.2, 0.25) is 5.91 Å². The second-order valence-corrected chi connectivity index (χ2v) is 4.63. The molecule has 1 aliphatic rings. The van der Waals surface area contributed by atoms with Crippen LogP contribution in [-0.4, -0.2) is 54.7 Å². The van der Waals surface area contributed by atoms with Gasteiger partial charge >= 0.3 is 0 Å². The minimum atomic E-state index is -0.433. The fourth-order valence-corrected chi connectivity index (χ4v) is 2.18. The zero-order valence-electron chi connectivity index (χ0n) is 10.8. The molecule has 100 valence electrons. The van der Waals surface area contributed by atoms with Crippen molar-refractivity contribution in [2.24, 2.45) is 0 Å². The molecule has 0 aromatic heterocycles. The van der Waals surface area contributed by atoms with Gasteiger partial charge in [0.05, 0.1) is 0 Å². The molecule has 0 bridgehead atoms. The Morgan fingerprint density at radius 1 is 1.24 bits per heavy atom. The topological polar surface area (TPSA) is 38.8 Å². The van der Waals surface area contributed by atoms with Crippen molar-refractivity contribution < 1.29 is 14.3 Å². The summed E-state index contributed by atoms with van der Waals surface area (Å²) in [4.78, 5) is 13.7. The molecular formula is C12H22ClNO3. The van der Waals surface area contributed by atoms with Crippen molar-refractivity contribution in [2.75, 3.05) is 26.3 Å². The fraction of sp³-hybridized carbons (Fsp3) is 0.917. The molecule has 1 rings (SSSR count). The Kier molecular flexibility index (Phi) is 6.23. The van der Waals surface area contributed by atoms with Crippen LogP contribution in [0.5, 0.6) is 0 Å². The second-order valence-electron chi connectivity index (χ2n) is 4.11. The molecule has 5 heteroatoms. The molecule has 1 aliphatic heterocycles. The minimum Gasteiger partial charge on any atom is -0.374 e. The molecule has 0 N–H and O–H groups in total. The number of hydrogen-bond donors (Lipinski definition) is 0. The number of rotatable bonds is 6. The third-order valence-corrected chi connectivity index (χ3v) is 3.41. The van der Waals surface area contributed by atoms with Gasteiger partial charge < -0.3 is 14.4 Å². The number of likely N-dealkylation sites (tertiary alicyclic amines) is 1. The van der Waals surface area contributed by atoms with Gasteiger partial charge in [-0.05, 0) is 20.3 Å². The SMILES string of the molecule is CCO[C@H]1CN(C(=O)[C@H](Cl)CC)C[C@H]1OCC. The molecule has 0 aromatic carbocycles. The summed E-state index contributed by atoms with van der Waals surface area (Å²) in [5, 5.41) is -0.433. The fourth-order valence-electron chi connectivity index (χ4n) is 2.04. The summed E-state index contributed by atoms with van der Waals surface area (Å²) >= 11 is 5.97. The molecule has 1 amide bonds. The van der Waals surface area contributed by atoms with Crippen molar-refractivity contribution >= 4 is 17.5 Å². The van der Waals surface area contributed by atoms with Crippen LogP contribution in [0, 0.1) is 0 Å². The lowest BCUT2D eigenvalue weighted by Gasteiger charge is -2.18. The third-order valence-electron chi connectivity index (χ3n) is 2.91.